The summed E-state index contributed by atoms with van der Waals surface area (Å²) in [6, 6.07) is 15.9. The van der Waals surface area contributed by atoms with Crippen molar-refractivity contribution in [1.29, 1.82) is 0 Å². The SMILES string of the molecule is CC(C)(C)OC(=O)N1C[C@H](O)C[C@H]1C(=O)OP(=O)(c1ccccc1)c1ccccc1. The van der Waals surface area contributed by atoms with Crippen LogP contribution in [0.5, 0.6) is 0 Å². The van der Waals surface area contributed by atoms with Crippen LogP contribution in [-0.4, -0.2) is 46.4 Å². The summed E-state index contributed by atoms with van der Waals surface area (Å²) in [5.74, 6) is -0.839. The molecule has 0 aliphatic carbocycles. The Kier molecular flexibility index (Phi) is 6.34. The van der Waals surface area contributed by atoms with E-state index in [4.69, 9.17) is 9.26 Å². The van der Waals surface area contributed by atoms with Gasteiger partial charge in [-0.1, -0.05) is 36.4 Å². The van der Waals surface area contributed by atoms with Crippen molar-refractivity contribution in [3.8, 4) is 0 Å². The molecule has 0 saturated carbocycles. The Morgan fingerprint density at radius 1 is 1.00 bits per heavy atom. The van der Waals surface area contributed by atoms with Gasteiger partial charge in [-0.3, -0.25) is 9.46 Å². The van der Waals surface area contributed by atoms with Crippen LogP contribution >= 0.6 is 7.37 Å². The van der Waals surface area contributed by atoms with Crippen molar-refractivity contribution >= 4 is 30.0 Å². The summed E-state index contributed by atoms with van der Waals surface area (Å²) < 4.78 is 24.9. The second-order valence-electron chi connectivity index (χ2n) is 8.17. The van der Waals surface area contributed by atoms with E-state index in [0.717, 1.165) is 4.90 Å². The Hall–Kier alpha value is -2.63. The largest absolute Gasteiger partial charge is 0.444 e. The van der Waals surface area contributed by atoms with Crippen LogP contribution in [0.25, 0.3) is 0 Å². The number of carbonyl (C=O) groups excluding carboxylic acids is 2. The van der Waals surface area contributed by atoms with Gasteiger partial charge in [-0.25, -0.2) is 9.59 Å². The molecule has 0 unspecified atom stereocenters. The summed E-state index contributed by atoms with van der Waals surface area (Å²) in [5, 5.41) is 10.8. The number of amides is 1. The lowest BCUT2D eigenvalue weighted by atomic mass is 10.2. The van der Waals surface area contributed by atoms with Gasteiger partial charge in [0, 0.05) is 6.42 Å². The lowest BCUT2D eigenvalue weighted by Gasteiger charge is -2.28. The molecule has 0 bridgehead atoms. The van der Waals surface area contributed by atoms with E-state index in [1.165, 1.54) is 0 Å². The minimum Gasteiger partial charge on any atom is -0.444 e. The van der Waals surface area contributed by atoms with Gasteiger partial charge in [0.2, 0.25) is 0 Å². The molecule has 1 aliphatic heterocycles. The Balaban J connectivity index is 1.90. The van der Waals surface area contributed by atoms with Gasteiger partial charge in [0.15, 0.2) is 0 Å². The number of ether oxygens (including phenoxy) is 1. The number of nitrogens with zero attached hydrogens (tertiary/aromatic N) is 1. The summed E-state index contributed by atoms with van der Waals surface area (Å²) in [6.07, 6.45) is -1.64. The predicted octanol–water partition coefficient (Wildman–Crippen LogP) is 2.83. The highest BCUT2D eigenvalue weighted by Gasteiger charge is 2.44. The van der Waals surface area contributed by atoms with Crippen molar-refractivity contribution in [2.24, 2.45) is 0 Å². The van der Waals surface area contributed by atoms with Gasteiger partial charge in [0.05, 0.1) is 23.3 Å². The topological polar surface area (TPSA) is 93.1 Å². The molecule has 0 spiro atoms. The average molecular weight is 431 g/mol. The van der Waals surface area contributed by atoms with Crippen LogP contribution < -0.4 is 10.6 Å². The molecule has 2 aromatic carbocycles. The van der Waals surface area contributed by atoms with Crippen molar-refractivity contribution in [3.63, 3.8) is 0 Å². The highest BCUT2D eigenvalue weighted by atomic mass is 31.2. The molecule has 30 heavy (non-hydrogen) atoms. The zero-order valence-corrected chi connectivity index (χ0v) is 18.1. The Morgan fingerprint density at radius 3 is 1.97 bits per heavy atom. The van der Waals surface area contributed by atoms with Gasteiger partial charge in [0.25, 0.3) is 0 Å². The molecule has 1 heterocycles. The van der Waals surface area contributed by atoms with E-state index >= 15 is 0 Å². The molecule has 1 N–H and O–H groups in total. The summed E-state index contributed by atoms with van der Waals surface area (Å²) >= 11 is 0. The first-order valence-corrected chi connectivity index (χ1v) is 11.3. The lowest BCUT2D eigenvalue weighted by molar-refractivity contribution is -0.138. The van der Waals surface area contributed by atoms with Crippen LogP contribution in [-0.2, 0) is 18.6 Å². The first kappa shape index (κ1) is 22.1. The molecule has 8 heteroatoms. The number of benzene rings is 2. The van der Waals surface area contributed by atoms with Gasteiger partial charge < -0.3 is 14.4 Å². The zero-order chi connectivity index (χ0) is 21.9. The third-order valence-electron chi connectivity index (χ3n) is 4.59. The summed E-state index contributed by atoms with van der Waals surface area (Å²) in [6.45, 7) is 5.08. The molecule has 160 valence electrons. The second kappa shape index (κ2) is 8.62. The quantitative estimate of drug-likeness (QED) is 0.749. The van der Waals surface area contributed by atoms with Gasteiger partial charge in [-0.2, -0.15) is 0 Å². The summed E-state index contributed by atoms with van der Waals surface area (Å²) in [5.41, 5.74) is -0.761. The fourth-order valence-electron chi connectivity index (χ4n) is 3.25. The highest BCUT2D eigenvalue weighted by molar-refractivity contribution is 7.74. The smallest absolute Gasteiger partial charge is 0.411 e. The number of aliphatic hydroxyl groups is 1. The van der Waals surface area contributed by atoms with Gasteiger partial charge in [-0.15, -0.1) is 0 Å². The Morgan fingerprint density at radius 2 is 1.50 bits per heavy atom. The molecule has 1 amide bonds. The number of carbonyl (C=O) groups is 2. The zero-order valence-electron chi connectivity index (χ0n) is 17.2. The van der Waals surface area contributed by atoms with Crippen molar-refractivity contribution in [1.82, 2.24) is 4.90 Å². The van der Waals surface area contributed by atoms with Gasteiger partial charge >= 0.3 is 19.4 Å². The van der Waals surface area contributed by atoms with Crippen LogP contribution in [0.1, 0.15) is 27.2 Å². The van der Waals surface area contributed by atoms with Crippen LogP contribution in [0.2, 0.25) is 0 Å². The second-order valence-corrected chi connectivity index (χ2v) is 10.5. The molecular weight excluding hydrogens is 405 g/mol. The van der Waals surface area contributed by atoms with E-state index in [0.29, 0.717) is 10.6 Å². The van der Waals surface area contributed by atoms with Crippen molar-refractivity contribution in [2.75, 3.05) is 6.54 Å². The molecule has 1 aliphatic rings. The molecule has 1 fully saturated rings. The third kappa shape index (κ3) is 4.91. The minimum atomic E-state index is -3.76. The number of aliphatic hydroxyl groups excluding tert-OH is 1. The van der Waals surface area contributed by atoms with Crippen molar-refractivity contribution in [2.45, 2.75) is 44.9 Å². The number of likely N-dealkylation sites (tertiary alicyclic amines) is 1. The number of hydrogen-bond donors (Lipinski definition) is 1. The van der Waals surface area contributed by atoms with Crippen LogP contribution in [0.4, 0.5) is 4.79 Å². The Bertz CT molecular complexity index is 898. The van der Waals surface area contributed by atoms with Crippen LogP contribution in [0.15, 0.2) is 60.7 Å². The van der Waals surface area contributed by atoms with E-state index < -0.39 is 37.2 Å². The molecule has 0 radical (unpaired) electrons. The number of β-amino-alcohol motifs (C(OH)–C–C–N with tert-alkyl or cyclic N) is 1. The maximum atomic E-state index is 13.9. The monoisotopic (exact) mass is 431 g/mol. The van der Waals surface area contributed by atoms with Gasteiger partial charge in [0.1, 0.15) is 11.6 Å². The summed E-state index contributed by atoms with van der Waals surface area (Å²) in [7, 11) is -3.76. The normalized spacial score (nSPS) is 19.4. The average Bonchev–Trinajstić information content (AvgIpc) is 3.10. The lowest BCUT2D eigenvalue weighted by Crippen LogP contribution is -2.44. The fraction of sp³-hybridized carbons (Fsp3) is 0.364. The first-order chi connectivity index (χ1) is 14.1. The van der Waals surface area contributed by atoms with E-state index in [9.17, 15) is 19.3 Å². The Labute approximate surface area is 176 Å². The molecule has 0 aromatic heterocycles. The highest BCUT2D eigenvalue weighted by Crippen LogP contribution is 2.45. The minimum absolute atomic E-state index is 0.0122. The summed E-state index contributed by atoms with van der Waals surface area (Å²) in [4.78, 5) is 26.8. The maximum absolute atomic E-state index is 13.9. The van der Waals surface area contributed by atoms with Crippen molar-refractivity contribution in [3.05, 3.63) is 60.7 Å². The molecule has 1 saturated heterocycles. The number of rotatable bonds is 4. The van der Waals surface area contributed by atoms with Crippen LogP contribution in [0, 0.1) is 0 Å². The molecule has 2 aromatic rings. The third-order valence-corrected chi connectivity index (χ3v) is 6.98. The first-order valence-electron chi connectivity index (χ1n) is 9.72. The van der Waals surface area contributed by atoms with Gasteiger partial charge in [-0.05, 0) is 45.0 Å². The fourth-order valence-corrected chi connectivity index (χ4v) is 5.26. The number of hydrogen-bond acceptors (Lipinski definition) is 6. The van der Waals surface area contributed by atoms with Crippen molar-refractivity contribution < 1.29 is 28.5 Å². The molecular formula is C22H26NO6P. The maximum Gasteiger partial charge on any atom is 0.411 e. The van der Waals surface area contributed by atoms with Crippen LogP contribution in [0.3, 0.4) is 0 Å². The van der Waals surface area contributed by atoms with E-state index in [-0.39, 0.29) is 13.0 Å². The molecule has 7 nitrogen and oxygen atoms in total. The van der Waals surface area contributed by atoms with E-state index in [2.05, 4.69) is 0 Å². The van der Waals surface area contributed by atoms with E-state index in [1.807, 2.05) is 0 Å². The molecule has 3 rings (SSSR count). The van der Waals surface area contributed by atoms with E-state index in [1.54, 1.807) is 81.4 Å². The molecule has 2 atom stereocenters. The predicted molar refractivity (Wildman–Crippen MR) is 113 cm³/mol. The standard InChI is InChI=1S/C22H26NO6P/c1-22(2,3)28-21(26)23-15-16(24)14-19(23)20(25)29-30(27,17-10-6-4-7-11-17)18-12-8-5-9-13-18/h4-13,16,19,24H,14-15H2,1-3H3/t16-,19+/m1/s1.